The van der Waals surface area contributed by atoms with E-state index in [0.717, 1.165) is 0 Å². The van der Waals surface area contributed by atoms with E-state index >= 15 is 0 Å². The Kier molecular flexibility index (Phi) is 6.32. The van der Waals surface area contributed by atoms with Crippen molar-refractivity contribution in [3.63, 3.8) is 0 Å². The molecular formula is C18H18N2O7. The number of ether oxygens (including phenoxy) is 3. The summed E-state index contributed by atoms with van der Waals surface area (Å²) in [6.45, 7) is 1.35. The molecule has 0 heterocycles. The predicted molar refractivity (Wildman–Crippen MR) is 96.1 cm³/mol. The molecule has 0 bridgehead atoms. The van der Waals surface area contributed by atoms with Crippen LogP contribution in [0, 0.1) is 10.1 Å². The van der Waals surface area contributed by atoms with Crippen molar-refractivity contribution >= 4 is 23.3 Å². The van der Waals surface area contributed by atoms with Crippen molar-refractivity contribution < 1.29 is 28.7 Å². The van der Waals surface area contributed by atoms with Crippen LogP contribution >= 0.6 is 0 Å². The molecule has 1 N–H and O–H groups in total. The molecule has 0 aliphatic rings. The number of benzene rings is 2. The zero-order valence-corrected chi connectivity index (χ0v) is 14.9. The Morgan fingerprint density at radius 1 is 1.04 bits per heavy atom. The van der Waals surface area contributed by atoms with Gasteiger partial charge in [-0.1, -0.05) is 18.2 Å². The molecule has 0 aliphatic carbocycles. The van der Waals surface area contributed by atoms with Crippen LogP contribution in [0.25, 0.3) is 0 Å². The summed E-state index contributed by atoms with van der Waals surface area (Å²) in [5, 5.41) is 13.4. The number of nitrogens with zero attached hydrogens (tertiary/aromatic N) is 1. The monoisotopic (exact) mass is 374 g/mol. The van der Waals surface area contributed by atoms with Gasteiger partial charge in [0.1, 0.15) is 22.7 Å². The fourth-order valence-electron chi connectivity index (χ4n) is 2.30. The van der Waals surface area contributed by atoms with Crippen molar-refractivity contribution in [2.75, 3.05) is 19.5 Å². The number of nitrogens with one attached hydrogen (secondary N) is 1. The molecule has 0 aliphatic heterocycles. The van der Waals surface area contributed by atoms with Crippen LogP contribution in [0.1, 0.15) is 17.3 Å². The van der Waals surface area contributed by atoms with E-state index in [1.807, 2.05) is 0 Å². The highest BCUT2D eigenvalue weighted by Gasteiger charge is 2.26. The minimum Gasteiger partial charge on any atom is -0.496 e. The Morgan fingerprint density at radius 3 is 2.19 bits per heavy atom. The number of nitro groups is 1. The molecule has 0 fully saturated rings. The molecule has 9 nitrogen and oxygen atoms in total. The number of anilines is 1. The van der Waals surface area contributed by atoms with Gasteiger partial charge >= 0.3 is 5.97 Å². The van der Waals surface area contributed by atoms with Gasteiger partial charge in [-0.25, -0.2) is 4.79 Å². The molecule has 1 atom stereocenters. The summed E-state index contributed by atoms with van der Waals surface area (Å²) >= 11 is 0. The van der Waals surface area contributed by atoms with Crippen LogP contribution in [0.2, 0.25) is 0 Å². The Morgan fingerprint density at radius 2 is 1.63 bits per heavy atom. The van der Waals surface area contributed by atoms with Crippen molar-refractivity contribution in [3.8, 4) is 11.5 Å². The van der Waals surface area contributed by atoms with Gasteiger partial charge in [-0.05, 0) is 25.1 Å². The molecule has 0 spiro atoms. The maximum atomic E-state index is 12.5. The van der Waals surface area contributed by atoms with E-state index in [2.05, 4.69) is 5.32 Å². The van der Waals surface area contributed by atoms with Gasteiger partial charge in [-0.15, -0.1) is 0 Å². The highest BCUT2D eigenvalue weighted by Crippen LogP contribution is 2.29. The van der Waals surface area contributed by atoms with Crippen LogP contribution in [0.15, 0.2) is 42.5 Å². The van der Waals surface area contributed by atoms with Gasteiger partial charge in [0.25, 0.3) is 11.6 Å². The van der Waals surface area contributed by atoms with Crippen molar-refractivity contribution in [1.82, 2.24) is 0 Å². The molecule has 0 unspecified atom stereocenters. The van der Waals surface area contributed by atoms with E-state index < -0.39 is 22.9 Å². The summed E-state index contributed by atoms with van der Waals surface area (Å²) in [6.07, 6.45) is -1.22. The molecule has 0 saturated heterocycles. The van der Waals surface area contributed by atoms with Crippen molar-refractivity contribution in [2.45, 2.75) is 13.0 Å². The van der Waals surface area contributed by atoms with Crippen LogP contribution in [-0.2, 0) is 9.53 Å². The predicted octanol–water partition coefficient (Wildman–Crippen LogP) is 2.80. The normalized spacial score (nSPS) is 11.2. The third-order valence-electron chi connectivity index (χ3n) is 3.64. The Labute approximate surface area is 155 Å². The molecular weight excluding hydrogens is 356 g/mol. The first-order valence-corrected chi connectivity index (χ1v) is 7.85. The first-order chi connectivity index (χ1) is 12.9. The lowest BCUT2D eigenvalue weighted by atomic mass is 10.1. The number of esters is 1. The summed E-state index contributed by atoms with van der Waals surface area (Å²) in [6, 6.07) is 10.4. The van der Waals surface area contributed by atoms with Crippen molar-refractivity contribution in [2.24, 2.45) is 0 Å². The minimum atomic E-state index is -1.22. The third-order valence-corrected chi connectivity index (χ3v) is 3.64. The molecule has 2 rings (SSSR count). The fourth-order valence-corrected chi connectivity index (χ4v) is 2.30. The maximum absolute atomic E-state index is 12.5. The van der Waals surface area contributed by atoms with E-state index in [1.165, 1.54) is 39.3 Å². The van der Waals surface area contributed by atoms with Crippen LogP contribution in [0.3, 0.4) is 0 Å². The Bertz CT molecular complexity index is 844. The van der Waals surface area contributed by atoms with Gasteiger partial charge in [0.05, 0.1) is 19.1 Å². The van der Waals surface area contributed by atoms with Gasteiger partial charge < -0.3 is 19.5 Å². The summed E-state index contributed by atoms with van der Waals surface area (Å²) in [4.78, 5) is 35.2. The van der Waals surface area contributed by atoms with Crippen LogP contribution in [0.5, 0.6) is 11.5 Å². The second kappa shape index (κ2) is 8.65. The number of carbonyl (C=O) groups excluding carboxylic acids is 2. The summed E-state index contributed by atoms with van der Waals surface area (Å²) < 4.78 is 15.4. The van der Waals surface area contributed by atoms with Crippen molar-refractivity contribution in [1.29, 1.82) is 0 Å². The highest BCUT2D eigenvalue weighted by molar-refractivity contribution is 6.00. The van der Waals surface area contributed by atoms with Gasteiger partial charge in [0.2, 0.25) is 0 Å². The van der Waals surface area contributed by atoms with E-state index in [0.29, 0.717) is 0 Å². The van der Waals surface area contributed by atoms with E-state index in [9.17, 15) is 19.7 Å². The average molecular weight is 374 g/mol. The van der Waals surface area contributed by atoms with Gasteiger partial charge in [0.15, 0.2) is 6.10 Å². The molecule has 0 aromatic heterocycles. The van der Waals surface area contributed by atoms with Gasteiger partial charge in [-0.2, -0.15) is 0 Å². The lowest BCUT2D eigenvalue weighted by Gasteiger charge is -2.16. The van der Waals surface area contributed by atoms with E-state index in [4.69, 9.17) is 14.2 Å². The van der Waals surface area contributed by atoms with Crippen LogP contribution in [-0.4, -0.2) is 37.1 Å². The molecule has 2 aromatic carbocycles. The topological polar surface area (TPSA) is 117 Å². The molecule has 0 radical (unpaired) electrons. The lowest BCUT2D eigenvalue weighted by molar-refractivity contribution is -0.383. The highest BCUT2D eigenvalue weighted by atomic mass is 16.6. The maximum Gasteiger partial charge on any atom is 0.346 e. The minimum absolute atomic E-state index is 0.00488. The number of hydrogen-bond donors (Lipinski definition) is 1. The Hall–Kier alpha value is -3.62. The number of hydrogen-bond acceptors (Lipinski definition) is 7. The van der Waals surface area contributed by atoms with Gasteiger partial charge in [0, 0.05) is 6.07 Å². The first-order valence-electron chi connectivity index (χ1n) is 7.85. The quantitative estimate of drug-likeness (QED) is 0.450. The number of para-hydroxylation sites is 2. The van der Waals surface area contributed by atoms with Crippen LogP contribution < -0.4 is 14.8 Å². The number of carbonyl (C=O) groups is 2. The number of nitro benzene ring substituents is 1. The average Bonchev–Trinajstić information content (AvgIpc) is 2.67. The lowest BCUT2D eigenvalue weighted by Crippen LogP contribution is -2.30. The standard InChI is InChI=1S/C18H18N2O7/c1-11(17(21)19-12-7-4-5-8-13(12)20(23)24)27-18(22)16-14(25-2)9-6-10-15(16)26-3/h4-11H,1-3H3,(H,19,21)/t11-/m1/s1. The number of methoxy groups -OCH3 is 2. The Balaban J connectivity index is 2.16. The fraction of sp³-hybridized carbons (Fsp3) is 0.222. The number of rotatable bonds is 7. The molecule has 2 aromatic rings. The SMILES string of the molecule is COc1cccc(OC)c1C(=O)O[C@H](C)C(=O)Nc1ccccc1[N+](=O)[O-]. The largest absolute Gasteiger partial charge is 0.496 e. The smallest absolute Gasteiger partial charge is 0.346 e. The molecule has 27 heavy (non-hydrogen) atoms. The van der Waals surface area contributed by atoms with Crippen molar-refractivity contribution in [3.05, 3.63) is 58.1 Å². The van der Waals surface area contributed by atoms with Crippen LogP contribution in [0.4, 0.5) is 11.4 Å². The van der Waals surface area contributed by atoms with Gasteiger partial charge in [-0.3, -0.25) is 14.9 Å². The zero-order chi connectivity index (χ0) is 20.0. The second-order valence-electron chi connectivity index (χ2n) is 5.35. The molecule has 0 saturated carbocycles. The second-order valence-corrected chi connectivity index (χ2v) is 5.35. The molecule has 9 heteroatoms. The molecule has 1 amide bonds. The number of amides is 1. The van der Waals surface area contributed by atoms with E-state index in [1.54, 1.807) is 24.3 Å². The third kappa shape index (κ3) is 4.51. The summed E-state index contributed by atoms with van der Waals surface area (Å²) in [5.41, 5.74) is -0.228. The summed E-state index contributed by atoms with van der Waals surface area (Å²) in [7, 11) is 2.77. The zero-order valence-electron chi connectivity index (χ0n) is 14.9. The van der Waals surface area contributed by atoms with E-state index in [-0.39, 0.29) is 28.4 Å². The summed E-state index contributed by atoms with van der Waals surface area (Å²) in [5.74, 6) is -1.09. The molecule has 142 valence electrons. The first kappa shape index (κ1) is 19.7.